The Morgan fingerprint density at radius 3 is 2.50 bits per heavy atom. The van der Waals surface area contributed by atoms with E-state index in [1.54, 1.807) is 30.3 Å². The molecule has 0 bridgehead atoms. The molecule has 0 radical (unpaired) electrons. The number of amides is 3. The number of nitrogens with one attached hydrogen (secondary N) is 2. The molecule has 0 aliphatic carbocycles. The van der Waals surface area contributed by atoms with E-state index in [4.69, 9.17) is 4.74 Å². The predicted octanol–water partition coefficient (Wildman–Crippen LogP) is -0.295. The topological polar surface area (TPSA) is 134 Å². The number of benzene rings is 1. The summed E-state index contributed by atoms with van der Waals surface area (Å²) < 4.78 is 10.3. The van der Waals surface area contributed by atoms with Crippen LogP contribution in [0.25, 0.3) is 0 Å². The zero-order valence-corrected chi connectivity index (χ0v) is 17.6. The first-order valence-corrected chi connectivity index (χ1v) is 10.9. The van der Waals surface area contributed by atoms with Gasteiger partial charge in [-0.05, 0) is 25.0 Å². The minimum absolute atomic E-state index is 0.00889. The van der Waals surface area contributed by atoms with Crippen LogP contribution in [0.4, 0.5) is 0 Å². The standard InChI is InChI=1S/C22H27N3O7/c26-18-10-16(22(30)32-18)24-20(28)17-12-31-11-14-8-4-5-9-15(21(29)25(14)17)23-19(27)13-6-2-1-3-7-13/h1-3,6-7,14-17,22,30H,4-5,8-12H2,(H,23,27)(H,24,28)/t14-,15-,16?,17-,22?/m0/s1. The normalized spacial score (nSPS) is 30.5. The first-order valence-electron chi connectivity index (χ1n) is 10.9. The number of aliphatic hydroxyl groups is 1. The van der Waals surface area contributed by atoms with Gasteiger partial charge in [-0.2, -0.15) is 0 Å². The van der Waals surface area contributed by atoms with E-state index in [1.807, 2.05) is 0 Å². The summed E-state index contributed by atoms with van der Waals surface area (Å²) in [6.45, 7) is 0.299. The van der Waals surface area contributed by atoms with Crippen LogP contribution in [0.15, 0.2) is 30.3 Å². The fourth-order valence-electron chi connectivity index (χ4n) is 4.43. The molecule has 2 unspecified atom stereocenters. The number of fused-ring (bicyclic) bond motifs is 1. The summed E-state index contributed by atoms with van der Waals surface area (Å²) in [7, 11) is 0. The molecule has 3 heterocycles. The molecule has 3 saturated heterocycles. The molecule has 3 fully saturated rings. The van der Waals surface area contributed by atoms with Gasteiger partial charge in [-0.15, -0.1) is 0 Å². The van der Waals surface area contributed by atoms with Gasteiger partial charge in [0, 0.05) is 5.56 Å². The van der Waals surface area contributed by atoms with Crippen molar-refractivity contribution < 1.29 is 33.8 Å². The highest BCUT2D eigenvalue weighted by Gasteiger charge is 2.44. The van der Waals surface area contributed by atoms with E-state index >= 15 is 0 Å². The molecule has 3 N–H and O–H groups in total. The molecule has 1 aromatic carbocycles. The maximum atomic E-state index is 13.5. The van der Waals surface area contributed by atoms with Crippen LogP contribution in [0.5, 0.6) is 0 Å². The van der Waals surface area contributed by atoms with Crippen molar-refractivity contribution in [2.75, 3.05) is 13.2 Å². The van der Waals surface area contributed by atoms with Gasteiger partial charge in [-0.1, -0.05) is 31.0 Å². The third kappa shape index (κ3) is 4.76. The first-order chi connectivity index (χ1) is 15.4. The molecule has 0 spiro atoms. The second-order valence-electron chi connectivity index (χ2n) is 8.33. The Balaban J connectivity index is 1.51. The van der Waals surface area contributed by atoms with Gasteiger partial charge in [-0.25, -0.2) is 0 Å². The van der Waals surface area contributed by atoms with Gasteiger partial charge >= 0.3 is 5.97 Å². The molecular weight excluding hydrogens is 418 g/mol. The molecule has 10 heteroatoms. The minimum atomic E-state index is -1.42. The van der Waals surface area contributed by atoms with Gasteiger partial charge in [0.1, 0.15) is 18.1 Å². The van der Waals surface area contributed by atoms with E-state index in [0.717, 1.165) is 12.8 Å². The fourth-order valence-corrected chi connectivity index (χ4v) is 4.43. The lowest BCUT2D eigenvalue weighted by molar-refractivity contribution is -0.160. The van der Waals surface area contributed by atoms with Crippen LogP contribution in [0.1, 0.15) is 42.5 Å². The van der Waals surface area contributed by atoms with Crippen LogP contribution in [-0.2, 0) is 23.9 Å². The Kier molecular flexibility index (Phi) is 6.71. The summed E-state index contributed by atoms with van der Waals surface area (Å²) in [5.41, 5.74) is 0.454. The van der Waals surface area contributed by atoms with Gasteiger partial charge < -0.3 is 30.1 Å². The van der Waals surface area contributed by atoms with Crippen molar-refractivity contribution in [3.63, 3.8) is 0 Å². The number of carbonyl (C=O) groups is 4. The van der Waals surface area contributed by atoms with Gasteiger partial charge in [-0.3, -0.25) is 19.2 Å². The van der Waals surface area contributed by atoms with E-state index in [0.29, 0.717) is 25.0 Å². The Hall–Kier alpha value is -2.98. The summed E-state index contributed by atoms with van der Waals surface area (Å²) in [5.74, 6) is -1.81. The lowest BCUT2D eigenvalue weighted by Crippen LogP contribution is -2.65. The Labute approximate surface area is 185 Å². The van der Waals surface area contributed by atoms with E-state index < -0.39 is 36.3 Å². The monoisotopic (exact) mass is 445 g/mol. The summed E-state index contributed by atoms with van der Waals surface area (Å²) >= 11 is 0. The van der Waals surface area contributed by atoms with Crippen molar-refractivity contribution in [3.8, 4) is 0 Å². The molecule has 0 aromatic heterocycles. The number of morpholine rings is 1. The molecule has 0 saturated carbocycles. The zero-order valence-electron chi connectivity index (χ0n) is 17.6. The second kappa shape index (κ2) is 9.66. The summed E-state index contributed by atoms with van der Waals surface area (Å²) in [6, 6.07) is 5.78. The summed E-state index contributed by atoms with van der Waals surface area (Å²) in [4.78, 5) is 52.1. The van der Waals surface area contributed by atoms with Gasteiger partial charge in [0.2, 0.25) is 18.1 Å². The number of carbonyl (C=O) groups excluding carboxylic acids is 4. The zero-order chi connectivity index (χ0) is 22.7. The number of aliphatic hydroxyl groups excluding tert-OH is 1. The van der Waals surface area contributed by atoms with Crippen molar-refractivity contribution in [2.45, 2.75) is 62.6 Å². The molecule has 4 rings (SSSR count). The van der Waals surface area contributed by atoms with Crippen LogP contribution in [-0.4, -0.2) is 77.4 Å². The highest BCUT2D eigenvalue weighted by atomic mass is 16.6. The van der Waals surface area contributed by atoms with Crippen molar-refractivity contribution in [2.24, 2.45) is 0 Å². The Bertz CT molecular complexity index is 878. The number of esters is 1. The average molecular weight is 445 g/mol. The summed E-state index contributed by atoms with van der Waals surface area (Å²) in [5, 5.41) is 15.2. The van der Waals surface area contributed by atoms with Gasteiger partial charge in [0.05, 0.1) is 25.7 Å². The number of hydrogen-bond acceptors (Lipinski definition) is 7. The predicted molar refractivity (Wildman–Crippen MR) is 110 cm³/mol. The molecular formula is C22H27N3O7. The Morgan fingerprint density at radius 1 is 1.03 bits per heavy atom. The minimum Gasteiger partial charge on any atom is -0.434 e. The highest BCUT2D eigenvalue weighted by molar-refractivity contribution is 5.98. The molecule has 3 aliphatic rings. The molecule has 1 aromatic rings. The van der Waals surface area contributed by atoms with E-state index in [-0.39, 0.29) is 30.9 Å². The SMILES string of the molecule is O=C1CC(NC(=O)[C@@H]2COC[C@@H]3CCCC[C@H](NC(=O)c4ccccc4)C(=O)N32)C(O)O1. The van der Waals surface area contributed by atoms with E-state index in [2.05, 4.69) is 15.4 Å². The summed E-state index contributed by atoms with van der Waals surface area (Å²) in [6.07, 6.45) is 1.18. The van der Waals surface area contributed by atoms with E-state index in [9.17, 15) is 24.3 Å². The third-order valence-electron chi connectivity index (χ3n) is 6.10. The van der Waals surface area contributed by atoms with Crippen molar-refractivity contribution in [1.29, 1.82) is 0 Å². The number of rotatable bonds is 4. The number of nitrogens with zero attached hydrogens (tertiary/aromatic N) is 1. The average Bonchev–Trinajstić information content (AvgIpc) is 3.10. The second-order valence-corrected chi connectivity index (χ2v) is 8.33. The lowest BCUT2D eigenvalue weighted by atomic mass is 9.95. The van der Waals surface area contributed by atoms with Gasteiger partial charge in [0.25, 0.3) is 5.91 Å². The first kappa shape index (κ1) is 22.2. The third-order valence-corrected chi connectivity index (χ3v) is 6.10. The quantitative estimate of drug-likeness (QED) is 0.542. The fraction of sp³-hybridized carbons (Fsp3) is 0.545. The molecule has 172 valence electrons. The number of hydrogen-bond donors (Lipinski definition) is 3. The Morgan fingerprint density at radius 2 is 1.78 bits per heavy atom. The number of cyclic esters (lactones) is 1. The smallest absolute Gasteiger partial charge is 0.310 e. The molecule has 32 heavy (non-hydrogen) atoms. The van der Waals surface area contributed by atoms with Crippen LogP contribution in [0, 0.1) is 0 Å². The number of ether oxygens (including phenoxy) is 2. The van der Waals surface area contributed by atoms with Crippen LogP contribution in [0.2, 0.25) is 0 Å². The van der Waals surface area contributed by atoms with Crippen molar-refractivity contribution >= 4 is 23.7 Å². The molecule has 3 aliphatic heterocycles. The molecule has 10 nitrogen and oxygen atoms in total. The van der Waals surface area contributed by atoms with E-state index in [1.165, 1.54) is 4.90 Å². The molecule has 5 atom stereocenters. The largest absolute Gasteiger partial charge is 0.434 e. The van der Waals surface area contributed by atoms with Crippen LogP contribution in [0.3, 0.4) is 0 Å². The van der Waals surface area contributed by atoms with Crippen LogP contribution >= 0.6 is 0 Å². The van der Waals surface area contributed by atoms with Crippen molar-refractivity contribution in [3.05, 3.63) is 35.9 Å². The molecule has 3 amide bonds. The maximum absolute atomic E-state index is 13.5. The maximum Gasteiger partial charge on any atom is 0.310 e. The van der Waals surface area contributed by atoms with Gasteiger partial charge in [0.15, 0.2) is 0 Å². The highest BCUT2D eigenvalue weighted by Crippen LogP contribution is 2.25. The lowest BCUT2D eigenvalue weighted by Gasteiger charge is -2.44. The van der Waals surface area contributed by atoms with Crippen molar-refractivity contribution in [1.82, 2.24) is 15.5 Å². The van der Waals surface area contributed by atoms with Crippen LogP contribution < -0.4 is 10.6 Å².